The van der Waals surface area contributed by atoms with Crippen molar-refractivity contribution in [3.8, 4) is 6.07 Å². The summed E-state index contributed by atoms with van der Waals surface area (Å²) in [5, 5.41) is 16.7. The second-order valence-corrected chi connectivity index (χ2v) is 9.08. The highest BCUT2D eigenvalue weighted by atomic mass is 19.4. The molecule has 0 saturated carbocycles. The van der Waals surface area contributed by atoms with E-state index in [1.165, 1.54) is 11.1 Å². The quantitative estimate of drug-likeness (QED) is 0.496. The van der Waals surface area contributed by atoms with Gasteiger partial charge in [0.1, 0.15) is 17.4 Å². The van der Waals surface area contributed by atoms with E-state index in [0.29, 0.717) is 25.2 Å². The minimum atomic E-state index is -4.62. The highest BCUT2D eigenvalue weighted by Gasteiger charge is 2.41. The molecule has 13 heteroatoms. The van der Waals surface area contributed by atoms with Crippen molar-refractivity contribution in [3.63, 3.8) is 0 Å². The van der Waals surface area contributed by atoms with Gasteiger partial charge in [-0.1, -0.05) is 6.92 Å². The molecule has 3 aromatic rings. The van der Waals surface area contributed by atoms with Crippen LogP contribution in [0, 0.1) is 34.8 Å². The molecule has 5 rings (SSSR count). The number of amides is 1. The molecule has 2 aliphatic rings. The fourth-order valence-corrected chi connectivity index (χ4v) is 5.14. The number of alkyl halides is 3. The van der Waals surface area contributed by atoms with Gasteiger partial charge in [0.15, 0.2) is 11.6 Å². The number of anilines is 1. The van der Waals surface area contributed by atoms with Crippen LogP contribution in [0.4, 0.5) is 27.6 Å². The Labute approximate surface area is 201 Å². The van der Waals surface area contributed by atoms with Gasteiger partial charge in [-0.25, -0.2) is 8.78 Å². The van der Waals surface area contributed by atoms with E-state index in [1.807, 2.05) is 17.9 Å². The number of fused-ring (bicyclic) bond motifs is 2. The number of nitrogens with zero attached hydrogens (tertiary/aromatic N) is 7. The van der Waals surface area contributed by atoms with Crippen molar-refractivity contribution in [2.24, 2.45) is 11.8 Å². The Morgan fingerprint density at radius 1 is 1.17 bits per heavy atom. The largest absolute Gasteiger partial charge is 0.451 e. The Bertz CT molecular complexity index is 1400. The van der Waals surface area contributed by atoms with Crippen molar-refractivity contribution in [3.05, 3.63) is 47.2 Å². The number of aromatic nitrogens is 4. The molecule has 1 fully saturated rings. The minimum Gasteiger partial charge on any atom is -0.370 e. The first-order valence-electron chi connectivity index (χ1n) is 11.3. The van der Waals surface area contributed by atoms with Crippen molar-refractivity contribution >= 4 is 22.5 Å². The lowest BCUT2D eigenvalue weighted by atomic mass is 9.85. The fraction of sp³-hybridized carbons (Fsp3) is 0.435. The molecule has 1 amide bonds. The molecule has 0 N–H and O–H groups in total. The topological polar surface area (TPSA) is 90.9 Å². The first kappa shape index (κ1) is 23.9. The average Bonchev–Trinajstić information content (AvgIpc) is 3.26. The summed E-state index contributed by atoms with van der Waals surface area (Å²) in [6, 6.07) is 3.90. The molecule has 1 saturated heterocycles. The van der Waals surface area contributed by atoms with Crippen LogP contribution in [-0.4, -0.2) is 50.2 Å². The van der Waals surface area contributed by atoms with Crippen LogP contribution in [0.15, 0.2) is 18.3 Å². The zero-order valence-electron chi connectivity index (χ0n) is 19.1. The van der Waals surface area contributed by atoms with Gasteiger partial charge in [-0.15, -0.1) is 10.2 Å². The molecule has 2 atom stereocenters. The number of halogens is 5. The number of carbonyl (C=O) groups excluding carboxylic acids is 1. The maximum Gasteiger partial charge on any atom is 0.451 e. The van der Waals surface area contributed by atoms with Crippen molar-refractivity contribution in [1.29, 1.82) is 5.26 Å². The number of carbonyl (C=O) groups is 1. The number of nitriles is 1. The molecule has 0 bridgehead atoms. The number of piperidine rings is 1. The van der Waals surface area contributed by atoms with Gasteiger partial charge >= 0.3 is 6.18 Å². The van der Waals surface area contributed by atoms with Crippen LogP contribution < -0.4 is 4.90 Å². The molecule has 2 aliphatic heterocycles. The lowest BCUT2D eigenvalue weighted by molar-refractivity contribution is -0.148. The van der Waals surface area contributed by atoms with E-state index < -0.39 is 29.6 Å². The van der Waals surface area contributed by atoms with Gasteiger partial charge in [0.05, 0.1) is 17.8 Å². The van der Waals surface area contributed by atoms with Crippen LogP contribution in [0.2, 0.25) is 0 Å². The van der Waals surface area contributed by atoms with E-state index >= 15 is 0 Å². The zero-order valence-corrected chi connectivity index (χ0v) is 19.1. The van der Waals surface area contributed by atoms with Crippen molar-refractivity contribution < 1.29 is 26.7 Å². The summed E-state index contributed by atoms with van der Waals surface area (Å²) < 4.78 is 68.6. The molecule has 1 aromatic carbocycles. The molecule has 2 unspecified atom stereocenters. The van der Waals surface area contributed by atoms with Gasteiger partial charge < -0.3 is 14.4 Å². The Hall–Kier alpha value is -3.82. The normalized spacial score (nSPS) is 20.4. The second-order valence-electron chi connectivity index (χ2n) is 9.08. The molecule has 8 nitrogen and oxygen atoms in total. The summed E-state index contributed by atoms with van der Waals surface area (Å²) in [5.74, 6) is -3.42. The van der Waals surface area contributed by atoms with E-state index in [2.05, 4.69) is 15.2 Å². The van der Waals surface area contributed by atoms with E-state index in [1.54, 1.807) is 0 Å². The Kier molecular flexibility index (Phi) is 5.77. The van der Waals surface area contributed by atoms with Crippen LogP contribution in [-0.2, 0) is 24.1 Å². The van der Waals surface area contributed by atoms with Gasteiger partial charge in [-0.3, -0.25) is 9.78 Å². The molecule has 0 radical (unpaired) electrons. The third-order valence-electron chi connectivity index (χ3n) is 6.84. The molecule has 188 valence electrons. The van der Waals surface area contributed by atoms with Gasteiger partial charge in [0.25, 0.3) is 0 Å². The Balaban J connectivity index is 1.36. The van der Waals surface area contributed by atoms with E-state index in [9.17, 15) is 32.0 Å². The monoisotopic (exact) mass is 505 g/mol. The standard InChI is InChI=1S/C23H20F5N7O/c1-12-10-33(20-13(8-29)9-30-19-16(20)6-14(24)7-17(19)25)3-2-15(12)21(36)34-4-5-35-18(11-34)31-32-22(35)23(26,27)28/h6-7,9,12,15H,2-5,10-11H2,1H3. The third-order valence-corrected chi connectivity index (χ3v) is 6.84. The zero-order chi connectivity index (χ0) is 25.8. The van der Waals surface area contributed by atoms with E-state index in [0.717, 1.165) is 16.7 Å². The van der Waals surface area contributed by atoms with Crippen LogP contribution >= 0.6 is 0 Å². The lowest BCUT2D eigenvalue weighted by Gasteiger charge is -2.40. The molecule has 0 spiro atoms. The Morgan fingerprint density at radius 2 is 1.94 bits per heavy atom. The Morgan fingerprint density at radius 3 is 2.64 bits per heavy atom. The number of pyridine rings is 1. The van der Waals surface area contributed by atoms with Crippen molar-refractivity contribution in [2.45, 2.75) is 32.6 Å². The van der Waals surface area contributed by atoms with Crippen LogP contribution in [0.1, 0.15) is 30.6 Å². The molecule has 4 heterocycles. The number of rotatable bonds is 2. The van der Waals surface area contributed by atoms with Gasteiger partial charge in [0, 0.05) is 49.7 Å². The third kappa shape index (κ3) is 4.00. The average molecular weight is 505 g/mol. The summed E-state index contributed by atoms with van der Waals surface area (Å²) in [6.45, 7) is 2.52. The van der Waals surface area contributed by atoms with Crippen molar-refractivity contribution in [2.75, 3.05) is 24.5 Å². The molecular weight excluding hydrogens is 485 g/mol. The van der Waals surface area contributed by atoms with Gasteiger partial charge in [0.2, 0.25) is 11.7 Å². The highest BCUT2D eigenvalue weighted by molar-refractivity contribution is 5.95. The van der Waals surface area contributed by atoms with Gasteiger partial charge in [-0.05, 0) is 18.4 Å². The maximum atomic E-state index is 14.3. The molecular formula is C23H20F5N7O. The molecule has 2 aromatic heterocycles. The number of hydrogen-bond acceptors (Lipinski definition) is 6. The fourth-order valence-electron chi connectivity index (χ4n) is 5.14. The first-order valence-corrected chi connectivity index (χ1v) is 11.3. The smallest absolute Gasteiger partial charge is 0.370 e. The number of hydrogen-bond donors (Lipinski definition) is 0. The van der Waals surface area contributed by atoms with Crippen LogP contribution in [0.25, 0.3) is 10.9 Å². The molecule has 36 heavy (non-hydrogen) atoms. The lowest BCUT2D eigenvalue weighted by Crippen LogP contribution is -2.49. The summed E-state index contributed by atoms with van der Waals surface area (Å²) in [6.07, 6.45) is -2.98. The summed E-state index contributed by atoms with van der Waals surface area (Å²) in [4.78, 5) is 20.6. The molecule has 0 aliphatic carbocycles. The summed E-state index contributed by atoms with van der Waals surface area (Å²) in [7, 11) is 0. The van der Waals surface area contributed by atoms with Crippen LogP contribution in [0.3, 0.4) is 0 Å². The predicted octanol–water partition coefficient (Wildman–Crippen LogP) is 3.50. The summed E-state index contributed by atoms with van der Waals surface area (Å²) >= 11 is 0. The van der Waals surface area contributed by atoms with Gasteiger partial charge in [-0.2, -0.15) is 18.4 Å². The minimum absolute atomic E-state index is 0.0492. The van der Waals surface area contributed by atoms with E-state index in [4.69, 9.17) is 0 Å². The SMILES string of the molecule is CC1CN(c2c(C#N)cnc3c(F)cc(F)cc23)CCC1C(=O)N1CCn2c(nnc2C(F)(F)F)C1. The van der Waals surface area contributed by atoms with E-state index in [-0.39, 0.29) is 53.8 Å². The summed E-state index contributed by atoms with van der Waals surface area (Å²) in [5.41, 5.74) is 0.483. The van der Waals surface area contributed by atoms with Crippen molar-refractivity contribution in [1.82, 2.24) is 24.6 Å². The number of benzene rings is 1. The second kappa shape index (κ2) is 8.69. The highest BCUT2D eigenvalue weighted by Crippen LogP contribution is 2.36. The first-order chi connectivity index (χ1) is 17.1. The maximum absolute atomic E-state index is 14.3. The van der Waals surface area contributed by atoms with Crippen LogP contribution in [0.5, 0.6) is 0 Å². The predicted molar refractivity (Wildman–Crippen MR) is 116 cm³/mol.